The third kappa shape index (κ3) is 3.82. The van der Waals surface area contributed by atoms with Crippen LogP contribution in [0.15, 0.2) is 54.6 Å². The van der Waals surface area contributed by atoms with E-state index in [0.717, 1.165) is 54.9 Å². The third-order valence-electron chi connectivity index (χ3n) is 6.08. The maximum atomic E-state index is 12.7. The Kier molecular flexibility index (Phi) is 5.46. The minimum atomic E-state index is -0.274. The lowest BCUT2D eigenvalue weighted by Gasteiger charge is -2.42. The van der Waals surface area contributed by atoms with Gasteiger partial charge in [0.2, 0.25) is 0 Å². The molecule has 2 aromatic carbocycles. The number of rotatable bonds is 4. The van der Waals surface area contributed by atoms with Crippen molar-refractivity contribution >= 4 is 11.5 Å². The number of piperidine rings is 1. The average Bonchev–Trinajstić information content (AvgIpc) is 2.74. The topological polar surface area (TPSA) is 41.6 Å². The lowest BCUT2D eigenvalue weighted by atomic mass is 9.81. The maximum absolute atomic E-state index is 12.7. The summed E-state index contributed by atoms with van der Waals surface area (Å²) in [5.41, 5.74) is 3.91. The molecule has 1 fully saturated rings. The standard InChI is InChI=1S/C25H30N2O2/c1-4-27(5-2)24(28)20-12-10-19(11-13-20)22-17-25(14-15-26-18(3)16-25)29-23-9-7-6-8-21(22)23/h6-13,17-18,26H,4-5,14-16H2,1-3H3. The summed E-state index contributed by atoms with van der Waals surface area (Å²) in [6, 6.07) is 16.7. The summed E-state index contributed by atoms with van der Waals surface area (Å²) in [5, 5.41) is 3.52. The van der Waals surface area contributed by atoms with Crippen molar-refractivity contribution in [3.8, 4) is 5.75 Å². The van der Waals surface area contributed by atoms with Crippen LogP contribution in [0.1, 0.15) is 55.1 Å². The molecule has 0 bridgehead atoms. The fourth-order valence-electron chi connectivity index (χ4n) is 4.54. The minimum absolute atomic E-state index is 0.0894. The first kappa shape index (κ1) is 19.7. The van der Waals surface area contributed by atoms with Crippen LogP contribution in [0.2, 0.25) is 0 Å². The van der Waals surface area contributed by atoms with Crippen molar-refractivity contribution in [1.29, 1.82) is 0 Å². The number of amides is 1. The molecule has 1 N–H and O–H groups in total. The SMILES string of the molecule is CCN(CC)C(=O)c1ccc(C2=CC3(CCNC(C)C3)Oc3ccccc32)cc1. The number of carbonyl (C=O) groups excluding carboxylic acids is 1. The fraction of sp³-hybridized carbons (Fsp3) is 0.400. The van der Waals surface area contributed by atoms with Crippen LogP contribution < -0.4 is 10.1 Å². The van der Waals surface area contributed by atoms with Crippen LogP contribution in [-0.4, -0.2) is 42.1 Å². The molecule has 1 spiro atoms. The van der Waals surface area contributed by atoms with Gasteiger partial charge in [-0.1, -0.05) is 30.3 Å². The second kappa shape index (κ2) is 8.03. The van der Waals surface area contributed by atoms with E-state index in [1.54, 1.807) is 0 Å². The molecule has 2 atom stereocenters. The van der Waals surface area contributed by atoms with Gasteiger partial charge < -0.3 is 15.0 Å². The summed E-state index contributed by atoms with van der Waals surface area (Å²) in [4.78, 5) is 14.5. The number of ether oxygens (including phenoxy) is 1. The van der Waals surface area contributed by atoms with Crippen LogP contribution in [0, 0.1) is 0 Å². The van der Waals surface area contributed by atoms with Crippen molar-refractivity contribution in [2.24, 2.45) is 0 Å². The first-order valence-electron chi connectivity index (χ1n) is 10.7. The summed E-state index contributed by atoms with van der Waals surface area (Å²) in [7, 11) is 0. The van der Waals surface area contributed by atoms with E-state index >= 15 is 0 Å². The van der Waals surface area contributed by atoms with Crippen LogP contribution in [0.25, 0.3) is 5.57 Å². The van der Waals surface area contributed by atoms with Gasteiger partial charge in [0.1, 0.15) is 11.4 Å². The number of nitrogens with one attached hydrogen (secondary N) is 1. The second-order valence-corrected chi connectivity index (χ2v) is 8.09. The van der Waals surface area contributed by atoms with E-state index in [-0.39, 0.29) is 11.5 Å². The molecule has 0 aliphatic carbocycles. The molecule has 4 rings (SSSR count). The van der Waals surface area contributed by atoms with Gasteiger partial charge in [-0.3, -0.25) is 4.79 Å². The molecule has 1 saturated heterocycles. The van der Waals surface area contributed by atoms with Crippen molar-refractivity contribution in [1.82, 2.24) is 10.2 Å². The quantitative estimate of drug-likeness (QED) is 0.836. The number of hydrogen-bond donors (Lipinski definition) is 1. The number of para-hydroxylation sites is 1. The van der Waals surface area contributed by atoms with Gasteiger partial charge in [-0.05, 0) is 62.7 Å². The maximum Gasteiger partial charge on any atom is 0.253 e. The van der Waals surface area contributed by atoms with Crippen LogP contribution in [0.4, 0.5) is 0 Å². The van der Waals surface area contributed by atoms with E-state index in [2.05, 4.69) is 48.6 Å². The number of carbonyl (C=O) groups is 1. The van der Waals surface area contributed by atoms with E-state index in [9.17, 15) is 4.79 Å². The highest BCUT2D eigenvalue weighted by molar-refractivity contribution is 5.95. The fourth-order valence-corrected chi connectivity index (χ4v) is 4.54. The Morgan fingerprint density at radius 1 is 1.14 bits per heavy atom. The van der Waals surface area contributed by atoms with Crippen LogP contribution in [-0.2, 0) is 0 Å². The molecule has 2 heterocycles. The second-order valence-electron chi connectivity index (χ2n) is 8.09. The van der Waals surface area contributed by atoms with Crippen molar-refractivity contribution < 1.29 is 9.53 Å². The highest BCUT2D eigenvalue weighted by Gasteiger charge is 2.39. The number of nitrogens with zero attached hydrogens (tertiary/aromatic N) is 1. The molecular weight excluding hydrogens is 360 g/mol. The van der Waals surface area contributed by atoms with E-state index in [1.807, 2.05) is 36.9 Å². The average molecular weight is 391 g/mol. The summed E-state index contributed by atoms with van der Waals surface area (Å²) in [6.45, 7) is 8.64. The molecule has 2 unspecified atom stereocenters. The smallest absolute Gasteiger partial charge is 0.253 e. The van der Waals surface area contributed by atoms with Gasteiger partial charge in [0.05, 0.1) is 0 Å². The number of benzene rings is 2. The van der Waals surface area contributed by atoms with Gasteiger partial charge >= 0.3 is 0 Å². The molecule has 1 amide bonds. The van der Waals surface area contributed by atoms with Crippen LogP contribution in [0.5, 0.6) is 5.75 Å². The van der Waals surface area contributed by atoms with E-state index < -0.39 is 0 Å². The minimum Gasteiger partial charge on any atom is -0.482 e. The Morgan fingerprint density at radius 3 is 2.55 bits per heavy atom. The third-order valence-corrected chi connectivity index (χ3v) is 6.08. The zero-order valence-electron chi connectivity index (χ0n) is 17.6. The Bertz CT molecular complexity index is 915. The Morgan fingerprint density at radius 2 is 1.86 bits per heavy atom. The number of hydrogen-bond acceptors (Lipinski definition) is 3. The predicted molar refractivity (Wildman–Crippen MR) is 117 cm³/mol. The molecule has 4 nitrogen and oxygen atoms in total. The van der Waals surface area contributed by atoms with E-state index in [1.165, 1.54) is 5.57 Å². The molecule has 152 valence electrons. The predicted octanol–water partition coefficient (Wildman–Crippen LogP) is 4.50. The van der Waals surface area contributed by atoms with Gasteiger partial charge in [-0.2, -0.15) is 0 Å². The normalized spacial score (nSPS) is 23.1. The molecular formula is C25H30N2O2. The molecule has 29 heavy (non-hydrogen) atoms. The van der Waals surface area contributed by atoms with Crippen LogP contribution >= 0.6 is 0 Å². The zero-order chi connectivity index (χ0) is 20.4. The summed E-state index contributed by atoms with van der Waals surface area (Å²) in [5.74, 6) is 1.04. The van der Waals surface area contributed by atoms with Crippen molar-refractivity contribution in [3.05, 3.63) is 71.3 Å². The zero-order valence-corrected chi connectivity index (χ0v) is 17.6. The Balaban J connectivity index is 1.71. The molecule has 2 aliphatic heterocycles. The largest absolute Gasteiger partial charge is 0.482 e. The molecule has 2 aromatic rings. The van der Waals surface area contributed by atoms with Crippen molar-refractivity contribution in [2.45, 2.75) is 45.3 Å². The molecule has 2 aliphatic rings. The van der Waals surface area contributed by atoms with Gasteiger partial charge in [-0.15, -0.1) is 0 Å². The summed E-state index contributed by atoms with van der Waals surface area (Å²) < 4.78 is 6.53. The van der Waals surface area contributed by atoms with Crippen molar-refractivity contribution in [2.75, 3.05) is 19.6 Å². The van der Waals surface area contributed by atoms with E-state index in [0.29, 0.717) is 6.04 Å². The summed E-state index contributed by atoms with van der Waals surface area (Å²) in [6.07, 6.45) is 4.21. The van der Waals surface area contributed by atoms with Crippen LogP contribution in [0.3, 0.4) is 0 Å². The molecule has 0 radical (unpaired) electrons. The lowest BCUT2D eigenvalue weighted by Crippen LogP contribution is -2.50. The molecule has 0 aromatic heterocycles. The first-order valence-corrected chi connectivity index (χ1v) is 10.7. The van der Waals surface area contributed by atoms with Gasteiger partial charge in [0.25, 0.3) is 5.91 Å². The lowest BCUT2D eigenvalue weighted by molar-refractivity contribution is 0.0667. The Hall–Kier alpha value is -2.59. The summed E-state index contributed by atoms with van der Waals surface area (Å²) >= 11 is 0. The molecule has 4 heteroatoms. The van der Waals surface area contributed by atoms with Crippen molar-refractivity contribution in [3.63, 3.8) is 0 Å². The van der Waals surface area contributed by atoms with Gasteiger partial charge in [0, 0.05) is 43.1 Å². The Labute approximate surface area is 173 Å². The molecule has 0 saturated carbocycles. The monoisotopic (exact) mass is 390 g/mol. The van der Waals surface area contributed by atoms with Gasteiger partial charge in [-0.25, -0.2) is 0 Å². The number of fused-ring (bicyclic) bond motifs is 1. The first-order chi connectivity index (χ1) is 14.0. The highest BCUT2D eigenvalue weighted by Crippen LogP contribution is 2.43. The van der Waals surface area contributed by atoms with E-state index in [4.69, 9.17) is 4.74 Å². The highest BCUT2D eigenvalue weighted by atomic mass is 16.5. The van der Waals surface area contributed by atoms with Gasteiger partial charge in [0.15, 0.2) is 0 Å².